The molecule has 162 valence electrons. The molecule has 1 saturated heterocycles. The Kier molecular flexibility index (Phi) is 6.24. The molecule has 0 bridgehead atoms. The third kappa shape index (κ3) is 4.92. The molecule has 4 rings (SSSR count). The number of nitrogens with one attached hydrogen (secondary N) is 4. The fourth-order valence-electron chi connectivity index (χ4n) is 3.96. The average molecular weight is 432 g/mol. The molecule has 2 atom stereocenters. The summed E-state index contributed by atoms with van der Waals surface area (Å²) in [6, 6.07) is 12.1. The first-order chi connectivity index (χ1) is 14.4. The summed E-state index contributed by atoms with van der Waals surface area (Å²) in [6.07, 6.45) is 3.68. The Balaban J connectivity index is 1.63. The van der Waals surface area contributed by atoms with Gasteiger partial charge in [-0.3, -0.25) is 5.43 Å². The molecule has 2 fully saturated rings. The fraction of sp³-hybridized carbons (Fsp3) is 0.476. The van der Waals surface area contributed by atoms with Crippen molar-refractivity contribution in [2.45, 2.75) is 73.2 Å². The normalized spacial score (nSPS) is 27.0. The van der Waals surface area contributed by atoms with Gasteiger partial charge in [-0.25, -0.2) is 18.8 Å². The van der Waals surface area contributed by atoms with Crippen LogP contribution in [0.1, 0.15) is 39.0 Å². The van der Waals surface area contributed by atoms with Crippen LogP contribution in [0.25, 0.3) is 0 Å². The minimum Gasteiger partial charge on any atom is -0.393 e. The first-order valence-electron chi connectivity index (χ1n) is 10.4. The van der Waals surface area contributed by atoms with Gasteiger partial charge >= 0.3 is 0 Å². The number of aliphatic hydroxyl groups is 1. The van der Waals surface area contributed by atoms with Crippen LogP contribution in [0.3, 0.4) is 0 Å². The molecule has 2 heterocycles. The Labute approximate surface area is 177 Å². The Morgan fingerprint density at radius 1 is 0.967 bits per heavy atom. The predicted octanol–water partition coefficient (Wildman–Crippen LogP) is 2.25. The number of anilines is 2. The molecule has 30 heavy (non-hydrogen) atoms. The molecule has 0 radical (unpaired) electrons. The third-order valence-corrected chi connectivity index (χ3v) is 7.38. The molecule has 2 aromatic rings. The van der Waals surface area contributed by atoms with E-state index in [4.69, 9.17) is 0 Å². The number of pyridine rings is 1. The molecule has 1 aliphatic carbocycles. The highest BCUT2D eigenvalue weighted by Crippen LogP contribution is 2.28. The van der Waals surface area contributed by atoms with Gasteiger partial charge in [0.05, 0.1) is 22.1 Å². The lowest BCUT2D eigenvalue weighted by Crippen LogP contribution is -2.36. The third-order valence-electron chi connectivity index (χ3n) is 5.63. The Hall–Kier alpha value is -2.20. The van der Waals surface area contributed by atoms with Gasteiger partial charge in [0.25, 0.3) is 0 Å². The molecule has 1 aliphatic heterocycles. The Bertz CT molecular complexity index is 962. The van der Waals surface area contributed by atoms with E-state index in [0.717, 1.165) is 32.1 Å². The van der Waals surface area contributed by atoms with E-state index in [2.05, 4.69) is 33.4 Å². The van der Waals surface area contributed by atoms with E-state index in [1.54, 1.807) is 42.5 Å². The fourth-order valence-corrected chi connectivity index (χ4v) is 5.28. The number of aliphatic hydroxyl groups excluding tert-OH is 1. The number of hydrogen-bond donors (Lipinski definition) is 5. The highest BCUT2D eigenvalue weighted by atomic mass is 32.2. The van der Waals surface area contributed by atoms with Crippen LogP contribution < -0.4 is 21.5 Å². The summed E-state index contributed by atoms with van der Waals surface area (Å²) < 4.78 is 26.4. The molecule has 1 aromatic carbocycles. The van der Waals surface area contributed by atoms with E-state index >= 15 is 0 Å². The zero-order valence-corrected chi connectivity index (χ0v) is 17.8. The van der Waals surface area contributed by atoms with E-state index in [1.807, 2.05) is 0 Å². The van der Waals surface area contributed by atoms with Gasteiger partial charge in [-0.1, -0.05) is 18.2 Å². The lowest BCUT2D eigenvalue weighted by molar-refractivity contribution is 0.126. The van der Waals surface area contributed by atoms with Gasteiger partial charge in [-0.15, -0.1) is 0 Å². The zero-order valence-electron chi connectivity index (χ0n) is 17.0. The quantitative estimate of drug-likeness (QED) is 0.473. The monoisotopic (exact) mass is 431 g/mol. The Morgan fingerprint density at radius 2 is 1.63 bits per heavy atom. The van der Waals surface area contributed by atoms with E-state index in [1.165, 1.54) is 0 Å². The number of aromatic nitrogens is 1. The van der Waals surface area contributed by atoms with Crippen molar-refractivity contribution in [1.29, 1.82) is 0 Å². The van der Waals surface area contributed by atoms with Crippen molar-refractivity contribution < 1.29 is 13.5 Å². The number of hydrazine groups is 1. The van der Waals surface area contributed by atoms with Crippen LogP contribution >= 0.6 is 0 Å². The van der Waals surface area contributed by atoms with Crippen molar-refractivity contribution in [3.63, 3.8) is 0 Å². The maximum Gasteiger partial charge on any atom is 0.206 e. The number of nitrogens with zero attached hydrogens (tertiary/aromatic N) is 1. The highest BCUT2D eigenvalue weighted by Gasteiger charge is 2.25. The van der Waals surface area contributed by atoms with Crippen LogP contribution in [0.5, 0.6) is 0 Å². The van der Waals surface area contributed by atoms with Crippen molar-refractivity contribution in [2.75, 3.05) is 10.6 Å². The molecule has 1 saturated carbocycles. The zero-order chi connectivity index (χ0) is 21.1. The number of rotatable bonds is 6. The molecule has 1 aromatic heterocycles. The topological polar surface area (TPSA) is 115 Å². The predicted molar refractivity (Wildman–Crippen MR) is 116 cm³/mol. The summed E-state index contributed by atoms with van der Waals surface area (Å²) in [5, 5.41) is 16.4. The summed E-state index contributed by atoms with van der Waals surface area (Å²) in [7, 11) is -3.67. The van der Waals surface area contributed by atoms with E-state index in [-0.39, 0.29) is 28.1 Å². The van der Waals surface area contributed by atoms with Gasteiger partial charge in [0.15, 0.2) is 0 Å². The lowest BCUT2D eigenvalue weighted by Gasteiger charge is -2.27. The lowest BCUT2D eigenvalue weighted by atomic mass is 9.93. The molecule has 8 nitrogen and oxygen atoms in total. The molecule has 0 amide bonds. The minimum absolute atomic E-state index is 0.0418. The molecular weight excluding hydrogens is 402 g/mol. The van der Waals surface area contributed by atoms with Crippen LogP contribution in [-0.4, -0.2) is 42.9 Å². The van der Waals surface area contributed by atoms with Crippen LogP contribution in [0.15, 0.2) is 52.3 Å². The summed E-state index contributed by atoms with van der Waals surface area (Å²) in [6.45, 7) is 2.07. The van der Waals surface area contributed by atoms with Crippen molar-refractivity contribution >= 4 is 21.5 Å². The number of sulfone groups is 1. The minimum atomic E-state index is -3.67. The Morgan fingerprint density at radius 3 is 2.27 bits per heavy atom. The second-order valence-corrected chi connectivity index (χ2v) is 10.1. The molecule has 2 aliphatic rings. The standard InChI is InChI=1S/C21H29N5O3S/c1-14-11-21(26-25-14)24-20-13-18(30(28,29)17-5-3-2-4-6-17)12-19(23-20)22-15-7-9-16(27)10-8-15/h2-6,12-16,21,25-27H,7-11H2,1H3,(H2,22,23,24). The van der Waals surface area contributed by atoms with Gasteiger partial charge in [0, 0.05) is 12.1 Å². The maximum atomic E-state index is 13.2. The second-order valence-electron chi connectivity index (χ2n) is 8.16. The van der Waals surface area contributed by atoms with E-state index in [0.29, 0.717) is 17.7 Å². The molecular formula is C21H29N5O3S. The van der Waals surface area contributed by atoms with Crippen LogP contribution in [0.2, 0.25) is 0 Å². The number of hydrogen-bond acceptors (Lipinski definition) is 8. The van der Waals surface area contributed by atoms with Gasteiger partial charge in [-0.05, 0) is 63.3 Å². The van der Waals surface area contributed by atoms with Gasteiger partial charge in [-0.2, -0.15) is 0 Å². The summed E-state index contributed by atoms with van der Waals surface area (Å²) in [4.78, 5) is 5.08. The smallest absolute Gasteiger partial charge is 0.206 e. The van der Waals surface area contributed by atoms with Gasteiger partial charge in [0.2, 0.25) is 9.84 Å². The summed E-state index contributed by atoms with van der Waals surface area (Å²) in [5.41, 5.74) is 6.30. The van der Waals surface area contributed by atoms with Crippen molar-refractivity contribution in [1.82, 2.24) is 15.8 Å². The van der Waals surface area contributed by atoms with Gasteiger partial charge in [0.1, 0.15) is 11.6 Å². The van der Waals surface area contributed by atoms with E-state index in [9.17, 15) is 13.5 Å². The van der Waals surface area contributed by atoms with Gasteiger partial charge < -0.3 is 15.7 Å². The average Bonchev–Trinajstić information content (AvgIpc) is 3.15. The van der Waals surface area contributed by atoms with Crippen molar-refractivity contribution in [3.05, 3.63) is 42.5 Å². The molecule has 0 spiro atoms. The van der Waals surface area contributed by atoms with E-state index < -0.39 is 9.84 Å². The van der Waals surface area contributed by atoms with Crippen molar-refractivity contribution in [2.24, 2.45) is 0 Å². The molecule has 9 heteroatoms. The molecule has 2 unspecified atom stereocenters. The SMILES string of the molecule is CC1CC(Nc2cc(S(=O)(=O)c3ccccc3)cc(NC3CCC(O)CC3)n2)NN1. The van der Waals surface area contributed by atoms with Crippen LogP contribution in [0.4, 0.5) is 11.6 Å². The van der Waals surface area contributed by atoms with Crippen LogP contribution in [0, 0.1) is 0 Å². The second kappa shape index (κ2) is 8.89. The molecule has 5 N–H and O–H groups in total. The van der Waals surface area contributed by atoms with Crippen LogP contribution in [-0.2, 0) is 9.84 Å². The summed E-state index contributed by atoms with van der Waals surface area (Å²) in [5.74, 6) is 1.02. The highest BCUT2D eigenvalue weighted by molar-refractivity contribution is 7.91. The first kappa shape index (κ1) is 21.0. The largest absolute Gasteiger partial charge is 0.393 e. The first-order valence-corrected chi connectivity index (χ1v) is 11.9. The maximum absolute atomic E-state index is 13.2. The van der Waals surface area contributed by atoms with Crippen molar-refractivity contribution in [3.8, 4) is 0 Å². The number of benzene rings is 1. The summed E-state index contributed by atoms with van der Waals surface area (Å²) >= 11 is 0.